The number of primary amides is 1. The summed E-state index contributed by atoms with van der Waals surface area (Å²) in [7, 11) is 0. The van der Waals surface area contributed by atoms with Crippen LogP contribution in [0.1, 0.15) is 30.3 Å². The van der Waals surface area contributed by atoms with E-state index in [1.807, 2.05) is 0 Å². The normalized spacial score (nSPS) is 17.3. The smallest absolute Gasteiger partial charge is 0.269 e. The van der Waals surface area contributed by atoms with Crippen LogP contribution in [0, 0.1) is 5.92 Å². The Morgan fingerprint density at radius 1 is 1.42 bits per heavy atom. The minimum atomic E-state index is -0.554. The molecule has 0 bridgehead atoms. The fraction of sp³-hybridized carbons (Fsp3) is 0.615. The third-order valence-corrected chi connectivity index (χ3v) is 3.32. The largest absolute Gasteiger partial charge is 0.368 e. The van der Waals surface area contributed by atoms with Gasteiger partial charge in [-0.3, -0.25) is 4.79 Å². The van der Waals surface area contributed by atoms with Gasteiger partial charge in [-0.2, -0.15) is 0 Å². The molecule has 1 aromatic heterocycles. The molecular weight excluding hydrogens is 242 g/mol. The molecule has 0 aliphatic carbocycles. The lowest BCUT2D eigenvalue weighted by atomic mass is 10.1. The van der Waals surface area contributed by atoms with Crippen molar-refractivity contribution in [2.45, 2.75) is 19.8 Å². The predicted octanol–water partition coefficient (Wildman–Crippen LogP) is 0.719. The Bertz CT molecular complexity index is 414. The van der Waals surface area contributed by atoms with Crippen molar-refractivity contribution in [3.8, 4) is 0 Å². The molecule has 1 atom stereocenters. The van der Waals surface area contributed by atoms with Gasteiger partial charge >= 0.3 is 0 Å². The molecule has 104 valence electrons. The lowest BCUT2D eigenvalue weighted by molar-refractivity contribution is 0.0994. The van der Waals surface area contributed by atoms with E-state index in [0.717, 1.165) is 13.1 Å². The van der Waals surface area contributed by atoms with Gasteiger partial charge in [0.2, 0.25) is 0 Å². The summed E-state index contributed by atoms with van der Waals surface area (Å²) in [5, 5.41) is 10.9. The minimum absolute atomic E-state index is 0.190. The summed E-state index contributed by atoms with van der Waals surface area (Å²) in [5.41, 5.74) is 5.30. The molecule has 2 rings (SSSR count). The van der Waals surface area contributed by atoms with Gasteiger partial charge in [-0.25, -0.2) is 0 Å². The quantitative estimate of drug-likeness (QED) is 0.790. The summed E-state index contributed by atoms with van der Waals surface area (Å²) in [6, 6.07) is 3.32. The highest BCUT2D eigenvalue weighted by Gasteiger charge is 2.14. The average Bonchev–Trinajstić information content (AvgIpc) is 2.89. The Hall–Kier alpha value is -1.69. The van der Waals surface area contributed by atoms with E-state index < -0.39 is 5.91 Å². The number of carbonyl (C=O) groups excluding carboxylic acids is 1. The molecule has 6 heteroatoms. The van der Waals surface area contributed by atoms with Crippen LogP contribution in [0.2, 0.25) is 0 Å². The molecule has 0 radical (unpaired) electrons. The Morgan fingerprint density at radius 2 is 2.16 bits per heavy atom. The number of amides is 1. The van der Waals surface area contributed by atoms with Crippen molar-refractivity contribution in [1.82, 2.24) is 15.1 Å². The highest BCUT2D eigenvalue weighted by molar-refractivity contribution is 5.90. The molecule has 1 aliphatic heterocycles. The molecule has 2 heterocycles. The number of rotatable bonds is 6. The van der Waals surface area contributed by atoms with Gasteiger partial charge in [0.05, 0.1) is 0 Å². The van der Waals surface area contributed by atoms with Crippen molar-refractivity contribution < 1.29 is 4.79 Å². The van der Waals surface area contributed by atoms with Crippen LogP contribution in [0.5, 0.6) is 0 Å². The number of nitrogens with zero attached hydrogens (tertiary/aromatic N) is 3. The minimum Gasteiger partial charge on any atom is -0.368 e. The second-order valence-corrected chi connectivity index (χ2v) is 5.16. The van der Waals surface area contributed by atoms with Crippen LogP contribution in [0.15, 0.2) is 12.1 Å². The standard InChI is InChI=1S/C13H21N5O/c1-10(9-18-6-2-3-7-18)8-15-12-5-4-11(13(14)19)16-17-12/h4-5,10H,2-3,6-9H2,1H3,(H2,14,19)(H,15,17). The first-order valence-electron chi connectivity index (χ1n) is 6.75. The molecule has 1 amide bonds. The number of nitrogens with one attached hydrogen (secondary N) is 1. The predicted molar refractivity (Wildman–Crippen MR) is 73.9 cm³/mol. The van der Waals surface area contributed by atoms with Crippen molar-refractivity contribution >= 4 is 11.7 Å². The molecule has 1 saturated heterocycles. The summed E-state index contributed by atoms with van der Waals surface area (Å²) in [6.45, 7) is 6.62. The van der Waals surface area contributed by atoms with Crippen LogP contribution in [0.3, 0.4) is 0 Å². The lowest BCUT2D eigenvalue weighted by Gasteiger charge is -2.20. The van der Waals surface area contributed by atoms with Gasteiger partial charge in [0, 0.05) is 13.1 Å². The fourth-order valence-electron chi connectivity index (χ4n) is 2.31. The molecule has 1 aliphatic rings. The van der Waals surface area contributed by atoms with Crippen LogP contribution >= 0.6 is 0 Å². The van der Waals surface area contributed by atoms with Crippen LogP contribution in [0.25, 0.3) is 0 Å². The number of nitrogens with two attached hydrogens (primary N) is 1. The molecular formula is C13H21N5O. The monoisotopic (exact) mass is 263 g/mol. The first-order chi connectivity index (χ1) is 9.15. The summed E-state index contributed by atoms with van der Waals surface area (Å²) in [4.78, 5) is 13.4. The number of aromatic nitrogens is 2. The Labute approximate surface area is 113 Å². The molecule has 0 saturated carbocycles. The molecule has 3 N–H and O–H groups in total. The number of carbonyl (C=O) groups is 1. The van der Waals surface area contributed by atoms with E-state index in [9.17, 15) is 4.79 Å². The molecule has 1 unspecified atom stereocenters. The summed E-state index contributed by atoms with van der Waals surface area (Å²) in [6.07, 6.45) is 2.64. The summed E-state index contributed by atoms with van der Waals surface area (Å²) in [5.74, 6) is 0.676. The zero-order valence-electron chi connectivity index (χ0n) is 11.3. The first kappa shape index (κ1) is 13.7. The maximum Gasteiger partial charge on any atom is 0.269 e. The zero-order valence-corrected chi connectivity index (χ0v) is 11.3. The van der Waals surface area contributed by atoms with Gasteiger partial charge in [0.25, 0.3) is 5.91 Å². The molecule has 19 heavy (non-hydrogen) atoms. The van der Waals surface area contributed by atoms with E-state index in [2.05, 4.69) is 27.3 Å². The molecule has 0 aromatic carbocycles. The van der Waals surface area contributed by atoms with E-state index in [0.29, 0.717) is 11.7 Å². The highest BCUT2D eigenvalue weighted by atomic mass is 16.1. The van der Waals surface area contributed by atoms with Crippen LogP contribution in [0.4, 0.5) is 5.82 Å². The molecule has 6 nitrogen and oxygen atoms in total. The number of anilines is 1. The zero-order chi connectivity index (χ0) is 13.7. The van der Waals surface area contributed by atoms with E-state index >= 15 is 0 Å². The van der Waals surface area contributed by atoms with E-state index in [1.165, 1.54) is 25.9 Å². The second-order valence-electron chi connectivity index (χ2n) is 5.16. The van der Waals surface area contributed by atoms with E-state index in [1.54, 1.807) is 12.1 Å². The van der Waals surface area contributed by atoms with Gasteiger partial charge in [0.1, 0.15) is 5.82 Å². The average molecular weight is 263 g/mol. The lowest BCUT2D eigenvalue weighted by Crippen LogP contribution is -2.29. The van der Waals surface area contributed by atoms with Crippen molar-refractivity contribution in [3.05, 3.63) is 17.8 Å². The van der Waals surface area contributed by atoms with E-state index in [4.69, 9.17) is 5.73 Å². The van der Waals surface area contributed by atoms with Crippen LogP contribution in [-0.2, 0) is 0 Å². The molecule has 1 fully saturated rings. The van der Waals surface area contributed by atoms with Gasteiger partial charge in [-0.05, 0) is 44.0 Å². The number of likely N-dealkylation sites (tertiary alicyclic amines) is 1. The summed E-state index contributed by atoms with van der Waals surface area (Å²) < 4.78 is 0. The third kappa shape index (κ3) is 4.17. The van der Waals surface area contributed by atoms with Gasteiger partial charge in [-0.1, -0.05) is 6.92 Å². The Morgan fingerprint density at radius 3 is 2.74 bits per heavy atom. The van der Waals surface area contributed by atoms with Gasteiger partial charge < -0.3 is 16.0 Å². The van der Waals surface area contributed by atoms with Crippen LogP contribution < -0.4 is 11.1 Å². The van der Waals surface area contributed by atoms with Gasteiger partial charge in [-0.15, -0.1) is 10.2 Å². The van der Waals surface area contributed by atoms with Crippen LogP contribution in [-0.4, -0.2) is 47.2 Å². The highest BCUT2D eigenvalue weighted by Crippen LogP contribution is 2.11. The number of hydrogen-bond donors (Lipinski definition) is 2. The third-order valence-electron chi connectivity index (χ3n) is 3.32. The van der Waals surface area contributed by atoms with Crippen molar-refractivity contribution in [1.29, 1.82) is 0 Å². The summed E-state index contributed by atoms with van der Waals surface area (Å²) >= 11 is 0. The maximum absolute atomic E-state index is 10.9. The van der Waals surface area contributed by atoms with Gasteiger partial charge in [0.15, 0.2) is 5.69 Å². The van der Waals surface area contributed by atoms with Crippen molar-refractivity contribution in [2.75, 3.05) is 31.5 Å². The molecule has 0 spiro atoms. The SMILES string of the molecule is CC(CNc1ccc(C(N)=O)nn1)CN1CCCC1. The first-order valence-corrected chi connectivity index (χ1v) is 6.75. The maximum atomic E-state index is 10.9. The topological polar surface area (TPSA) is 84.1 Å². The second kappa shape index (κ2) is 6.47. The Kier molecular flexibility index (Phi) is 4.68. The van der Waals surface area contributed by atoms with E-state index in [-0.39, 0.29) is 5.69 Å². The van der Waals surface area contributed by atoms with Crippen molar-refractivity contribution in [2.24, 2.45) is 11.7 Å². The Balaban J connectivity index is 1.76. The molecule has 1 aromatic rings. The van der Waals surface area contributed by atoms with Crippen molar-refractivity contribution in [3.63, 3.8) is 0 Å². The number of hydrogen-bond acceptors (Lipinski definition) is 5. The fourth-order valence-corrected chi connectivity index (χ4v) is 2.31.